The number of hydrogen-bond donors (Lipinski definition) is 3. The summed E-state index contributed by atoms with van der Waals surface area (Å²) >= 11 is 0. The minimum Gasteiger partial charge on any atom is -0.505 e. The first-order valence-corrected chi connectivity index (χ1v) is 12.4. The SMILES string of the molecule is CN(C)CCCNC(=O)c1ccc(-c2c3cc(F)c(=O)cc-3oc3cc(O)c(F)cc23)c(S(=O)(=O)O)c1. The first-order chi connectivity index (χ1) is 17.4. The predicted octanol–water partition coefficient (Wildman–Crippen LogP) is 3.48. The number of benzene rings is 3. The monoisotopic (exact) mass is 532 g/mol. The van der Waals surface area contributed by atoms with Gasteiger partial charge in [-0.25, -0.2) is 8.78 Å². The number of fused-ring (bicyclic) bond motifs is 2. The summed E-state index contributed by atoms with van der Waals surface area (Å²) in [4.78, 5) is 25.8. The molecule has 3 N–H and O–H groups in total. The van der Waals surface area contributed by atoms with Crippen LogP contribution in [0, 0.1) is 11.6 Å². The maximum absolute atomic E-state index is 14.4. The van der Waals surface area contributed by atoms with Crippen molar-refractivity contribution in [3.05, 3.63) is 69.9 Å². The summed E-state index contributed by atoms with van der Waals surface area (Å²) in [7, 11) is -1.21. The highest BCUT2D eigenvalue weighted by atomic mass is 32.2. The molecule has 0 spiro atoms. The molecule has 1 aliphatic carbocycles. The van der Waals surface area contributed by atoms with Crippen molar-refractivity contribution in [1.82, 2.24) is 10.2 Å². The number of amides is 1. The fourth-order valence-corrected chi connectivity index (χ4v) is 4.70. The Morgan fingerprint density at radius 2 is 1.78 bits per heavy atom. The van der Waals surface area contributed by atoms with E-state index >= 15 is 0 Å². The molecule has 0 saturated heterocycles. The van der Waals surface area contributed by atoms with Crippen LogP contribution in [0.4, 0.5) is 8.78 Å². The van der Waals surface area contributed by atoms with E-state index in [9.17, 15) is 36.4 Å². The van der Waals surface area contributed by atoms with Gasteiger partial charge in [0.15, 0.2) is 17.4 Å². The molecule has 37 heavy (non-hydrogen) atoms. The molecule has 0 bridgehead atoms. The third-order valence-corrected chi connectivity index (χ3v) is 6.59. The van der Waals surface area contributed by atoms with Gasteiger partial charge in [0, 0.05) is 46.3 Å². The molecule has 0 fully saturated rings. The third kappa shape index (κ3) is 5.31. The van der Waals surface area contributed by atoms with E-state index in [1.165, 1.54) is 12.1 Å². The average molecular weight is 533 g/mol. The Morgan fingerprint density at radius 3 is 2.46 bits per heavy atom. The second kappa shape index (κ2) is 9.88. The lowest BCUT2D eigenvalue weighted by atomic mass is 9.92. The van der Waals surface area contributed by atoms with E-state index in [1.807, 2.05) is 19.0 Å². The standard InChI is InChI=1S/C25H22F2N2O7S/c1-29(2)7-3-6-28-25(32)13-4-5-14(23(8-13)37(33,34)35)24-15-9-17(26)19(30)11-21(15)36-22-12-20(31)18(27)10-16(22)24/h4-5,8-12,30H,3,6-7H2,1-2H3,(H,28,32)(H,33,34,35). The minimum atomic E-state index is -4.96. The highest BCUT2D eigenvalue weighted by Crippen LogP contribution is 2.43. The first kappa shape index (κ1) is 26.2. The minimum absolute atomic E-state index is 0.0766. The quantitative estimate of drug-likeness (QED) is 0.187. The number of rotatable bonds is 7. The van der Waals surface area contributed by atoms with Crippen LogP contribution in [0.5, 0.6) is 5.75 Å². The van der Waals surface area contributed by atoms with E-state index < -0.39 is 43.7 Å². The van der Waals surface area contributed by atoms with Gasteiger partial charge in [-0.1, -0.05) is 6.07 Å². The van der Waals surface area contributed by atoms with Crippen molar-refractivity contribution in [2.24, 2.45) is 0 Å². The van der Waals surface area contributed by atoms with Gasteiger partial charge >= 0.3 is 0 Å². The Kier molecular flexibility index (Phi) is 7.00. The van der Waals surface area contributed by atoms with Crippen LogP contribution in [0.25, 0.3) is 33.4 Å². The number of carbonyl (C=O) groups is 1. The Balaban J connectivity index is 1.95. The molecule has 194 valence electrons. The lowest BCUT2D eigenvalue weighted by Crippen LogP contribution is -2.27. The van der Waals surface area contributed by atoms with Crippen molar-refractivity contribution in [1.29, 1.82) is 0 Å². The van der Waals surface area contributed by atoms with Crippen LogP contribution in [0.15, 0.2) is 56.6 Å². The lowest BCUT2D eigenvalue weighted by molar-refractivity contribution is 0.0952. The Labute approximate surface area is 210 Å². The van der Waals surface area contributed by atoms with E-state index in [-0.39, 0.29) is 39.0 Å². The number of nitrogens with zero attached hydrogens (tertiary/aromatic N) is 1. The zero-order valence-corrected chi connectivity index (χ0v) is 20.5. The van der Waals surface area contributed by atoms with Crippen molar-refractivity contribution in [3.8, 4) is 28.2 Å². The van der Waals surface area contributed by atoms with Crippen LogP contribution >= 0.6 is 0 Å². The summed E-state index contributed by atoms with van der Waals surface area (Å²) in [5.74, 6) is -3.80. The number of phenols is 1. The second-order valence-electron chi connectivity index (χ2n) is 8.65. The molecule has 0 saturated carbocycles. The van der Waals surface area contributed by atoms with E-state index in [0.717, 1.165) is 30.3 Å². The molecule has 1 heterocycles. The fraction of sp³-hybridized carbons (Fsp3) is 0.200. The molecule has 1 amide bonds. The summed E-state index contributed by atoms with van der Waals surface area (Å²) < 4.78 is 69.1. The first-order valence-electron chi connectivity index (χ1n) is 11.0. The van der Waals surface area contributed by atoms with Gasteiger partial charge in [-0.05, 0) is 51.3 Å². The molecule has 4 rings (SSSR count). The molecule has 0 radical (unpaired) electrons. The topological polar surface area (TPSA) is 137 Å². The van der Waals surface area contributed by atoms with E-state index in [4.69, 9.17) is 4.42 Å². The van der Waals surface area contributed by atoms with E-state index in [2.05, 4.69) is 5.32 Å². The van der Waals surface area contributed by atoms with Gasteiger partial charge in [-0.2, -0.15) is 8.42 Å². The van der Waals surface area contributed by atoms with Crippen molar-refractivity contribution >= 4 is 27.0 Å². The molecule has 0 aromatic heterocycles. The summed E-state index contributed by atoms with van der Waals surface area (Å²) in [6.45, 7) is 1.03. The number of carbonyl (C=O) groups excluding carboxylic acids is 1. The highest BCUT2D eigenvalue weighted by Gasteiger charge is 2.26. The van der Waals surface area contributed by atoms with Gasteiger partial charge in [0.2, 0.25) is 5.43 Å². The number of phenolic OH excluding ortho intramolecular Hbond substituents is 1. The molecule has 9 nitrogen and oxygen atoms in total. The largest absolute Gasteiger partial charge is 0.505 e. The summed E-state index contributed by atoms with van der Waals surface area (Å²) in [5.41, 5.74) is -1.63. The molecular weight excluding hydrogens is 510 g/mol. The number of halogens is 2. The highest BCUT2D eigenvalue weighted by molar-refractivity contribution is 7.86. The van der Waals surface area contributed by atoms with Crippen LogP contribution in [0.3, 0.4) is 0 Å². The fourth-order valence-electron chi connectivity index (χ4n) is 3.97. The van der Waals surface area contributed by atoms with Gasteiger partial charge in [-0.3, -0.25) is 14.1 Å². The number of nitrogens with one attached hydrogen (secondary N) is 1. The molecule has 0 atom stereocenters. The molecule has 2 aromatic rings. The second-order valence-corrected chi connectivity index (χ2v) is 10.0. The van der Waals surface area contributed by atoms with E-state index in [1.54, 1.807) is 0 Å². The zero-order valence-electron chi connectivity index (χ0n) is 19.7. The van der Waals surface area contributed by atoms with Crippen LogP contribution in [-0.2, 0) is 10.1 Å². The van der Waals surface area contributed by atoms with Crippen molar-refractivity contribution in [3.63, 3.8) is 0 Å². The Morgan fingerprint density at radius 1 is 1.05 bits per heavy atom. The van der Waals surface area contributed by atoms with Gasteiger partial charge in [0.25, 0.3) is 16.0 Å². The molecule has 2 aliphatic rings. The van der Waals surface area contributed by atoms with Gasteiger partial charge in [0.1, 0.15) is 16.2 Å². The van der Waals surface area contributed by atoms with Crippen LogP contribution in [0.2, 0.25) is 0 Å². The van der Waals surface area contributed by atoms with Gasteiger partial charge in [0.05, 0.1) is 0 Å². The molecule has 2 aromatic carbocycles. The van der Waals surface area contributed by atoms with Gasteiger partial charge in [-0.15, -0.1) is 0 Å². The normalized spacial score (nSPS) is 11.9. The summed E-state index contributed by atoms with van der Waals surface area (Å²) in [6.07, 6.45) is 0.638. The molecule has 12 heteroatoms. The average Bonchev–Trinajstić information content (AvgIpc) is 2.81. The molecular formula is C25H22F2N2O7S. The lowest BCUT2D eigenvalue weighted by Gasteiger charge is -2.18. The summed E-state index contributed by atoms with van der Waals surface area (Å²) in [6, 6.07) is 6.86. The van der Waals surface area contributed by atoms with Crippen molar-refractivity contribution in [2.45, 2.75) is 11.3 Å². The number of hydrogen-bond acceptors (Lipinski definition) is 7. The smallest absolute Gasteiger partial charge is 0.295 e. The zero-order chi connectivity index (χ0) is 27.1. The molecule has 0 unspecified atom stereocenters. The Bertz CT molecular complexity index is 1670. The van der Waals surface area contributed by atoms with Gasteiger partial charge < -0.3 is 19.7 Å². The Hall–Kier alpha value is -3.87. The molecule has 1 aliphatic heterocycles. The maximum atomic E-state index is 14.4. The number of aromatic hydroxyl groups is 1. The third-order valence-electron chi connectivity index (χ3n) is 5.70. The van der Waals surface area contributed by atoms with Crippen LogP contribution in [-0.4, -0.2) is 56.1 Å². The van der Waals surface area contributed by atoms with Crippen LogP contribution in [0.1, 0.15) is 16.8 Å². The van der Waals surface area contributed by atoms with Crippen molar-refractivity contribution < 1.29 is 36.1 Å². The van der Waals surface area contributed by atoms with Crippen molar-refractivity contribution in [2.75, 3.05) is 27.2 Å². The van der Waals surface area contributed by atoms with Crippen LogP contribution < -0.4 is 10.7 Å². The summed E-state index contributed by atoms with van der Waals surface area (Å²) in [5, 5.41) is 12.4. The predicted molar refractivity (Wildman–Crippen MR) is 131 cm³/mol. The van der Waals surface area contributed by atoms with E-state index in [0.29, 0.717) is 19.5 Å². The maximum Gasteiger partial charge on any atom is 0.295 e.